The fraction of sp³-hybridized carbons (Fsp3) is 0.667. The van der Waals surface area contributed by atoms with E-state index in [9.17, 15) is 4.79 Å². The molecule has 2 aliphatic rings. The second-order valence-corrected chi connectivity index (χ2v) is 5.79. The van der Waals surface area contributed by atoms with Crippen LogP contribution in [0.3, 0.4) is 0 Å². The third kappa shape index (κ3) is 2.68. The molecule has 1 aliphatic carbocycles. The van der Waals surface area contributed by atoms with Gasteiger partial charge in [-0.1, -0.05) is 17.2 Å². The van der Waals surface area contributed by atoms with Gasteiger partial charge in [0.05, 0.1) is 11.7 Å². The zero-order valence-corrected chi connectivity index (χ0v) is 11.3. The monoisotopic (exact) mass is 234 g/mol. The molecule has 1 aliphatic heterocycles. The van der Waals surface area contributed by atoms with Crippen molar-refractivity contribution >= 4 is 5.78 Å². The van der Waals surface area contributed by atoms with E-state index >= 15 is 0 Å². The van der Waals surface area contributed by atoms with Crippen LogP contribution in [0.2, 0.25) is 0 Å². The summed E-state index contributed by atoms with van der Waals surface area (Å²) in [5.41, 5.74) is 3.32. The molecule has 0 bridgehead atoms. The first-order chi connectivity index (χ1) is 7.92. The summed E-state index contributed by atoms with van der Waals surface area (Å²) < 4.78 is 5.78. The van der Waals surface area contributed by atoms with Crippen LogP contribution in [0.5, 0.6) is 0 Å². The van der Waals surface area contributed by atoms with Gasteiger partial charge in [0.2, 0.25) is 0 Å². The van der Waals surface area contributed by atoms with Gasteiger partial charge in [0.15, 0.2) is 5.78 Å². The van der Waals surface area contributed by atoms with Gasteiger partial charge in [0.1, 0.15) is 0 Å². The molecule has 0 unspecified atom stereocenters. The van der Waals surface area contributed by atoms with E-state index in [1.807, 2.05) is 13.8 Å². The summed E-state index contributed by atoms with van der Waals surface area (Å²) >= 11 is 0. The zero-order chi connectivity index (χ0) is 12.6. The fourth-order valence-electron chi connectivity index (χ4n) is 2.59. The fourth-order valence-corrected chi connectivity index (χ4v) is 2.59. The van der Waals surface area contributed by atoms with Crippen molar-refractivity contribution in [3.63, 3.8) is 0 Å². The van der Waals surface area contributed by atoms with Crippen molar-refractivity contribution in [1.82, 2.24) is 0 Å². The van der Waals surface area contributed by atoms with E-state index in [4.69, 9.17) is 4.74 Å². The summed E-state index contributed by atoms with van der Waals surface area (Å²) in [5, 5.41) is 0. The number of fused-ring (bicyclic) bond motifs is 1. The van der Waals surface area contributed by atoms with Crippen molar-refractivity contribution in [3.8, 4) is 0 Å². The molecule has 2 nitrogen and oxygen atoms in total. The van der Waals surface area contributed by atoms with Crippen LogP contribution >= 0.6 is 0 Å². The molecule has 2 rings (SSSR count). The number of carbonyl (C=O) groups excluding carboxylic acids is 1. The van der Waals surface area contributed by atoms with Gasteiger partial charge in [-0.25, -0.2) is 0 Å². The predicted molar refractivity (Wildman–Crippen MR) is 68.9 cm³/mol. The minimum Gasteiger partial charge on any atom is -0.366 e. The largest absolute Gasteiger partial charge is 0.366 e. The van der Waals surface area contributed by atoms with E-state index in [0.717, 1.165) is 30.4 Å². The molecule has 0 N–H and O–H groups in total. The quantitative estimate of drug-likeness (QED) is 0.364. The first-order valence-electron chi connectivity index (χ1n) is 6.45. The molecule has 1 fully saturated rings. The lowest BCUT2D eigenvalue weighted by molar-refractivity contribution is -0.115. The number of ketones is 1. The second kappa shape index (κ2) is 4.41. The Morgan fingerprint density at radius 1 is 1.47 bits per heavy atom. The number of epoxide rings is 1. The second-order valence-electron chi connectivity index (χ2n) is 5.79. The van der Waals surface area contributed by atoms with Crippen molar-refractivity contribution in [2.24, 2.45) is 0 Å². The SMILES string of the molecule is CC(C)=C1C[C@@H]2O[C@]2(C)CC/C=C(/C)CC1=O. The molecule has 0 aromatic carbocycles. The minimum absolute atomic E-state index is 0.00903. The van der Waals surface area contributed by atoms with E-state index in [-0.39, 0.29) is 17.5 Å². The van der Waals surface area contributed by atoms with Crippen LogP contribution in [-0.4, -0.2) is 17.5 Å². The number of ether oxygens (including phenoxy) is 1. The first kappa shape index (κ1) is 12.6. The van der Waals surface area contributed by atoms with E-state index in [0.29, 0.717) is 6.42 Å². The molecule has 2 atom stereocenters. The van der Waals surface area contributed by atoms with Gasteiger partial charge >= 0.3 is 0 Å². The third-order valence-corrected chi connectivity index (χ3v) is 3.94. The predicted octanol–water partition coefficient (Wildman–Crippen LogP) is 3.57. The topological polar surface area (TPSA) is 29.6 Å². The Bertz CT molecular complexity index is 399. The van der Waals surface area contributed by atoms with Crippen LogP contribution in [0.4, 0.5) is 0 Å². The van der Waals surface area contributed by atoms with Crippen molar-refractivity contribution in [2.75, 3.05) is 0 Å². The lowest BCUT2D eigenvalue weighted by Crippen LogP contribution is -2.15. The number of rotatable bonds is 0. The number of allylic oxidation sites excluding steroid dienone is 3. The maximum atomic E-state index is 12.2. The third-order valence-electron chi connectivity index (χ3n) is 3.94. The van der Waals surface area contributed by atoms with Crippen molar-refractivity contribution in [3.05, 3.63) is 22.8 Å². The first-order valence-corrected chi connectivity index (χ1v) is 6.45. The Labute approximate surface area is 104 Å². The van der Waals surface area contributed by atoms with Crippen LogP contribution in [-0.2, 0) is 9.53 Å². The molecule has 0 aromatic rings. The summed E-state index contributed by atoms with van der Waals surface area (Å²) in [7, 11) is 0. The summed E-state index contributed by atoms with van der Waals surface area (Å²) in [6.07, 6.45) is 5.91. The Balaban J connectivity index is 2.25. The highest BCUT2D eigenvalue weighted by atomic mass is 16.6. The molecule has 0 radical (unpaired) electrons. The van der Waals surface area contributed by atoms with Crippen LogP contribution < -0.4 is 0 Å². The van der Waals surface area contributed by atoms with E-state index < -0.39 is 0 Å². The number of Topliss-reactive ketones (excluding diaryl/α,β-unsaturated/α-hetero) is 1. The molecule has 0 amide bonds. The van der Waals surface area contributed by atoms with E-state index in [1.165, 1.54) is 5.57 Å². The van der Waals surface area contributed by atoms with Crippen LogP contribution in [0.25, 0.3) is 0 Å². The van der Waals surface area contributed by atoms with Gasteiger partial charge < -0.3 is 4.74 Å². The number of carbonyl (C=O) groups is 1. The molecule has 1 saturated heterocycles. The van der Waals surface area contributed by atoms with Gasteiger partial charge in [-0.3, -0.25) is 4.79 Å². The highest BCUT2D eigenvalue weighted by Gasteiger charge is 2.51. The summed E-state index contributed by atoms with van der Waals surface area (Å²) in [4.78, 5) is 12.2. The summed E-state index contributed by atoms with van der Waals surface area (Å²) in [6, 6.07) is 0. The Kier molecular flexibility index (Phi) is 3.26. The maximum Gasteiger partial charge on any atom is 0.162 e. The molecule has 17 heavy (non-hydrogen) atoms. The average molecular weight is 234 g/mol. The average Bonchev–Trinajstić information content (AvgIpc) is 2.84. The van der Waals surface area contributed by atoms with Crippen LogP contribution in [0, 0.1) is 0 Å². The summed E-state index contributed by atoms with van der Waals surface area (Å²) in [6.45, 7) is 8.26. The lowest BCUT2D eigenvalue weighted by Gasteiger charge is -2.12. The van der Waals surface area contributed by atoms with Gasteiger partial charge in [-0.15, -0.1) is 0 Å². The minimum atomic E-state index is 0.00903. The summed E-state index contributed by atoms with van der Waals surface area (Å²) in [5.74, 6) is 0.276. The van der Waals surface area contributed by atoms with Crippen LogP contribution in [0.1, 0.15) is 53.4 Å². The normalized spacial score (nSPS) is 36.9. The highest BCUT2D eigenvalue weighted by Crippen LogP contribution is 2.45. The smallest absolute Gasteiger partial charge is 0.162 e. The number of hydrogen-bond acceptors (Lipinski definition) is 2. The molecular formula is C15H22O2. The zero-order valence-electron chi connectivity index (χ0n) is 11.3. The van der Waals surface area contributed by atoms with Gasteiger partial charge in [0.25, 0.3) is 0 Å². The molecule has 0 saturated carbocycles. The van der Waals surface area contributed by atoms with Crippen LogP contribution in [0.15, 0.2) is 22.8 Å². The van der Waals surface area contributed by atoms with Crippen molar-refractivity contribution in [1.29, 1.82) is 0 Å². The molecule has 2 heteroatoms. The molecule has 0 aromatic heterocycles. The Morgan fingerprint density at radius 2 is 2.18 bits per heavy atom. The van der Waals surface area contributed by atoms with Gasteiger partial charge in [0, 0.05) is 12.8 Å². The molecule has 1 heterocycles. The van der Waals surface area contributed by atoms with E-state index in [2.05, 4.69) is 19.9 Å². The lowest BCUT2D eigenvalue weighted by atomic mass is 9.89. The molecular weight excluding hydrogens is 212 g/mol. The standard InChI is InChI=1S/C15H22O2/c1-10(2)12-9-14-15(4,17-14)7-5-6-11(3)8-13(12)16/h6,14H,5,7-9H2,1-4H3/b11-6-/t14-,15+/m0/s1. The molecule has 94 valence electrons. The Morgan fingerprint density at radius 3 is 2.82 bits per heavy atom. The van der Waals surface area contributed by atoms with Gasteiger partial charge in [-0.2, -0.15) is 0 Å². The highest BCUT2D eigenvalue weighted by molar-refractivity contribution is 5.97. The van der Waals surface area contributed by atoms with Gasteiger partial charge in [-0.05, 0) is 46.1 Å². The molecule has 0 spiro atoms. The number of hydrogen-bond donors (Lipinski definition) is 0. The van der Waals surface area contributed by atoms with E-state index in [1.54, 1.807) is 0 Å². The Hall–Kier alpha value is -0.890. The maximum absolute atomic E-state index is 12.2. The van der Waals surface area contributed by atoms with Crippen molar-refractivity contribution in [2.45, 2.75) is 65.1 Å². The van der Waals surface area contributed by atoms with Crippen molar-refractivity contribution < 1.29 is 9.53 Å².